The summed E-state index contributed by atoms with van der Waals surface area (Å²) in [7, 11) is 0. The van der Waals surface area contributed by atoms with Crippen LogP contribution in [0.5, 0.6) is 0 Å². The average molecular weight is 322 g/mol. The molecule has 1 aliphatic heterocycles. The van der Waals surface area contributed by atoms with Crippen molar-refractivity contribution in [3.63, 3.8) is 0 Å². The molecule has 4 nitrogen and oxygen atoms in total. The Balaban J connectivity index is 1.63. The zero-order chi connectivity index (χ0) is 16.8. The first-order chi connectivity index (χ1) is 10.7. The molecule has 132 valence electrons. The van der Waals surface area contributed by atoms with E-state index < -0.39 is 5.60 Å². The summed E-state index contributed by atoms with van der Waals surface area (Å²) in [5, 5.41) is 3.90. The summed E-state index contributed by atoms with van der Waals surface area (Å²) < 4.78 is 5.64. The van der Waals surface area contributed by atoms with Gasteiger partial charge in [-0.1, -0.05) is 20.3 Å². The van der Waals surface area contributed by atoms with Gasteiger partial charge in [0.1, 0.15) is 5.60 Å². The van der Waals surface area contributed by atoms with Gasteiger partial charge in [0.15, 0.2) is 0 Å². The molecule has 0 aromatic rings. The van der Waals surface area contributed by atoms with Crippen molar-refractivity contribution in [1.82, 2.24) is 10.2 Å². The molecule has 3 rings (SSSR count). The lowest BCUT2D eigenvalue weighted by Gasteiger charge is -2.34. The second-order valence-electron chi connectivity index (χ2n) is 9.50. The number of rotatable bonds is 3. The maximum absolute atomic E-state index is 12.6. The molecule has 0 bridgehead atoms. The lowest BCUT2D eigenvalue weighted by molar-refractivity contribution is 0.0166. The van der Waals surface area contributed by atoms with Crippen LogP contribution >= 0.6 is 0 Å². The lowest BCUT2D eigenvalue weighted by Crippen LogP contribution is -2.48. The van der Waals surface area contributed by atoms with Gasteiger partial charge >= 0.3 is 6.09 Å². The Morgan fingerprint density at radius 3 is 2.48 bits per heavy atom. The number of nitrogens with one attached hydrogen (secondary N) is 1. The van der Waals surface area contributed by atoms with E-state index in [2.05, 4.69) is 19.2 Å². The summed E-state index contributed by atoms with van der Waals surface area (Å²) in [4.78, 5) is 14.6. The first-order valence-electron chi connectivity index (χ1n) is 9.43. The van der Waals surface area contributed by atoms with Crippen molar-refractivity contribution in [3.05, 3.63) is 0 Å². The molecule has 0 aromatic heterocycles. The van der Waals surface area contributed by atoms with E-state index in [1.54, 1.807) is 0 Å². The molecule has 3 aliphatic rings. The van der Waals surface area contributed by atoms with Crippen LogP contribution in [0.25, 0.3) is 0 Å². The molecule has 1 N–H and O–H groups in total. The van der Waals surface area contributed by atoms with Crippen LogP contribution in [0.2, 0.25) is 0 Å². The Labute approximate surface area is 141 Å². The molecule has 1 heterocycles. The number of amides is 1. The van der Waals surface area contributed by atoms with Crippen molar-refractivity contribution in [2.24, 2.45) is 11.3 Å². The smallest absolute Gasteiger partial charge is 0.410 e. The third kappa shape index (κ3) is 3.84. The number of ether oxygens (including phenoxy) is 1. The zero-order valence-electron chi connectivity index (χ0n) is 15.5. The van der Waals surface area contributed by atoms with Crippen LogP contribution < -0.4 is 5.32 Å². The van der Waals surface area contributed by atoms with Gasteiger partial charge < -0.3 is 15.0 Å². The molecule has 1 saturated heterocycles. The summed E-state index contributed by atoms with van der Waals surface area (Å²) in [6, 6.07) is 1.62. The highest BCUT2D eigenvalue weighted by molar-refractivity contribution is 5.69. The van der Waals surface area contributed by atoms with Gasteiger partial charge in [0.25, 0.3) is 0 Å². The molecule has 4 unspecified atom stereocenters. The highest BCUT2D eigenvalue weighted by atomic mass is 16.6. The highest BCUT2D eigenvalue weighted by Gasteiger charge is 2.49. The predicted octanol–water partition coefficient (Wildman–Crippen LogP) is 3.94. The Morgan fingerprint density at radius 2 is 1.87 bits per heavy atom. The van der Waals surface area contributed by atoms with Crippen LogP contribution in [-0.2, 0) is 4.74 Å². The first-order valence-corrected chi connectivity index (χ1v) is 9.43. The summed E-state index contributed by atoms with van der Waals surface area (Å²) in [6.07, 6.45) is 7.21. The van der Waals surface area contributed by atoms with E-state index >= 15 is 0 Å². The number of nitrogens with zero attached hydrogens (tertiary/aromatic N) is 1. The van der Waals surface area contributed by atoms with Gasteiger partial charge in [-0.2, -0.15) is 0 Å². The van der Waals surface area contributed by atoms with Gasteiger partial charge in [0, 0.05) is 24.7 Å². The molecule has 2 saturated carbocycles. The van der Waals surface area contributed by atoms with E-state index in [4.69, 9.17) is 4.74 Å². The number of hydrogen-bond acceptors (Lipinski definition) is 3. The minimum Gasteiger partial charge on any atom is -0.444 e. The lowest BCUT2D eigenvalue weighted by atomic mass is 9.92. The van der Waals surface area contributed by atoms with Crippen LogP contribution in [0.4, 0.5) is 4.79 Å². The van der Waals surface area contributed by atoms with Crippen LogP contribution in [0.1, 0.15) is 73.1 Å². The van der Waals surface area contributed by atoms with Crippen molar-refractivity contribution in [2.45, 2.75) is 96.9 Å². The predicted molar refractivity (Wildman–Crippen MR) is 92.4 cm³/mol. The molecular weight excluding hydrogens is 288 g/mol. The van der Waals surface area contributed by atoms with E-state index in [9.17, 15) is 4.79 Å². The van der Waals surface area contributed by atoms with Crippen LogP contribution in [0.15, 0.2) is 0 Å². The maximum Gasteiger partial charge on any atom is 0.410 e. The van der Waals surface area contributed by atoms with Crippen molar-refractivity contribution in [2.75, 3.05) is 6.54 Å². The van der Waals surface area contributed by atoms with Gasteiger partial charge in [0.2, 0.25) is 0 Å². The number of carbonyl (C=O) groups excluding carboxylic acids is 1. The Morgan fingerprint density at radius 1 is 1.17 bits per heavy atom. The normalized spacial score (nSPS) is 36.3. The highest BCUT2D eigenvalue weighted by Crippen LogP contribution is 2.46. The Hall–Kier alpha value is -0.770. The fourth-order valence-electron chi connectivity index (χ4n) is 4.45. The van der Waals surface area contributed by atoms with Crippen molar-refractivity contribution in [3.8, 4) is 0 Å². The second-order valence-corrected chi connectivity index (χ2v) is 9.50. The molecule has 4 heteroatoms. The Bertz CT molecular complexity index is 455. The minimum atomic E-state index is -0.407. The minimum absolute atomic E-state index is 0.114. The molecule has 2 aliphatic carbocycles. The second kappa shape index (κ2) is 5.94. The Kier molecular flexibility index (Phi) is 4.41. The number of likely N-dealkylation sites (tertiary alicyclic amines) is 1. The SMILES string of the molecule is CC(C)(C)OC(=O)N1CCCC1C1CCCC1NC1CC1(C)C. The first kappa shape index (κ1) is 17.1. The molecule has 4 atom stereocenters. The van der Waals surface area contributed by atoms with Crippen LogP contribution in [0, 0.1) is 11.3 Å². The summed E-state index contributed by atoms with van der Waals surface area (Å²) >= 11 is 0. The van der Waals surface area contributed by atoms with Crippen molar-refractivity contribution in [1.29, 1.82) is 0 Å². The zero-order valence-corrected chi connectivity index (χ0v) is 15.5. The molecule has 23 heavy (non-hydrogen) atoms. The quantitative estimate of drug-likeness (QED) is 0.855. The third-order valence-corrected chi connectivity index (χ3v) is 5.92. The summed E-state index contributed by atoms with van der Waals surface area (Å²) in [5.74, 6) is 0.599. The van der Waals surface area contributed by atoms with Crippen LogP contribution in [-0.4, -0.2) is 41.3 Å². The third-order valence-electron chi connectivity index (χ3n) is 5.92. The van der Waals surface area contributed by atoms with Gasteiger partial charge in [-0.25, -0.2) is 4.79 Å². The van der Waals surface area contributed by atoms with Crippen molar-refractivity contribution < 1.29 is 9.53 Å². The van der Waals surface area contributed by atoms with Gasteiger partial charge in [-0.05, 0) is 64.2 Å². The standard InChI is InChI=1S/C19H34N2O2/c1-18(2,3)23-17(22)21-11-7-10-15(21)13-8-6-9-14(13)20-16-12-19(16,4)5/h13-16,20H,6-12H2,1-5H3. The number of hydrogen-bond donors (Lipinski definition) is 1. The average Bonchev–Trinajstić information content (AvgIpc) is 2.85. The van der Waals surface area contributed by atoms with Crippen molar-refractivity contribution >= 4 is 6.09 Å². The van der Waals surface area contributed by atoms with E-state index in [1.807, 2.05) is 25.7 Å². The molecule has 0 spiro atoms. The van der Waals surface area contributed by atoms with Gasteiger partial charge in [-0.3, -0.25) is 0 Å². The fourth-order valence-corrected chi connectivity index (χ4v) is 4.45. The molecule has 0 radical (unpaired) electrons. The van der Waals surface area contributed by atoms with Gasteiger partial charge in [0.05, 0.1) is 0 Å². The summed E-state index contributed by atoms with van der Waals surface area (Å²) in [6.45, 7) is 11.4. The topological polar surface area (TPSA) is 41.6 Å². The molecular formula is C19H34N2O2. The summed E-state index contributed by atoms with van der Waals surface area (Å²) in [5.41, 5.74) is 0.0588. The van der Waals surface area contributed by atoms with E-state index in [0.29, 0.717) is 29.5 Å². The number of carbonyl (C=O) groups is 1. The monoisotopic (exact) mass is 322 g/mol. The largest absolute Gasteiger partial charge is 0.444 e. The molecule has 0 aromatic carbocycles. The molecule has 1 amide bonds. The fraction of sp³-hybridized carbons (Fsp3) is 0.947. The van der Waals surface area contributed by atoms with E-state index in [0.717, 1.165) is 19.4 Å². The van der Waals surface area contributed by atoms with Gasteiger partial charge in [-0.15, -0.1) is 0 Å². The van der Waals surface area contributed by atoms with E-state index in [-0.39, 0.29) is 6.09 Å². The van der Waals surface area contributed by atoms with Crippen LogP contribution in [0.3, 0.4) is 0 Å². The maximum atomic E-state index is 12.6. The van der Waals surface area contributed by atoms with E-state index in [1.165, 1.54) is 25.7 Å². The molecule has 3 fully saturated rings.